The number of nitrogens with one attached hydrogen (secondary N) is 2. The highest BCUT2D eigenvalue weighted by Crippen LogP contribution is 2.29. The molecule has 8 heteroatoms. The maximum Gasteiger partial charge on any atom is 0.338 e. The number of phenols is 1. The van der Waals surface area contributed by atoms with Gasteiger partial charge < -0.3 is 24.9 Å². The average molecular weight is 423 g/mol. The van der Waals surface area contributed by atoms with Gasteiger partial charge >= 0.3 is 12.0 Å². The molecule has 0 saturated heterocycles. The van der Waals surface area contributed by atoms with Gasteiger partial charge in [-0.15, -0.1) is 0 Å². The SMILES string of the molecule is CCOC(=O)C1=C(CN2CC=C(c3ccc(O)cc3)CC2)NC(=O)NC1c1ccco1. The number of aromatic hydroxyl groups is 1. The molecule has 1 aromatic carbocycles. The summed E-state index contributed by atoms with van der Waals surface area (Å²) in [5, 5.41) is 15.0. The van der Waals surface area contributed by atoms with E-state index in [0.717, 1.165) is 18.5 Å². The molecule has 2 aliphatic rings. The van der Waals surface area contributed by atoms with Gasteiger partial charge in [0.25, 0.3) is 0 Å². The molecule has 2 aromatic rings. The van der Waals surface area contributed by atoms with Gasteiger partial charge in [0.15, 0.2) is 0 Å². The Kier molecular flexibility index (Phi) is 6.08. The molecular formula is C23H25N3O5. The van der Waals surface area contributed by atoms with Crippen LogP contribution in [-0.4, -0.2) is 48.2 Å². The highest BCUT2D eigenvalue weighted by Gasteiger charge is 2.35. The topological polar surface area (TPSA) is 104 Å². The standard InChI is InChI=1S/C23H25N3O5/c1-2-30-22(28)20-18(24-23(29)25-21(20)19-4-3-13-31-19)14-26-11-9-16(10-12-26)15-5-7-17(27)8-6-15/h3-9,13,21,27H,2,10-12,14H2,1H3,(H2,24,25,29). The quantitative estimate of drug-likeness (QED) is 0.617. The van der Waals surface area contributed by atoms with Crippen LogP contribution in [0.15, 0.2) is 64.4 Å². The Bertz CT molecular complexity index is 1010. The van der Waals surface area contributed by atoms with Gasteiger partial charge in [-0.1, -0.05) is 18.2 Å². The number of nitrogens with zero attached hydrogens (tertiary/aromatic N) is 1. The summed E-state index contributed by atoms with van der Waals surface area (Å²) in [6.45, 7) is 3.82. The summed E-state index contributed by atoms with van der Waals surface area (Å²) in [5.41, 5.74) is 3.16. The van der Waals surface area contributed by atoms with E-state index in [0.29, 0.717) is 30.1 Å². The number of carbonyl (C=O) groups excluding carboxylic acids is 2. The summed E-state index contributed by atoms with van der Waals surface area (Å²) in [5.74, 6) is 0.236. The van der Waals surface area contributed by atoms with Crippen molar-refractivity contribution in [1.82, 2.24) is 15.5 Å². The second-order valence-corrected chi connectivity index (χ2v) is 7.42. The third-order valence-electron chi connectivity index (χ3n) is 5.39. The van der Waals surface area contributed by atoms with E-state index in [1.165, 1.54) is 11.8 Å². The zero-order valence-electron chi connectivity index (χ0n) is 17.3. The highest BCUT2D eigenvalue weighted by molar-refractivity contribution is 5.95. The van der Waals surface area contributed by atoms with Gasteiger partial charge in [-0.05, 0) is 48.7 Å². The number of benzene rings is 1. The molecule has 1 atom stereocenters. The lowest BCUT2D eigenvalue weighted by atomic mass is 9.97. The summed E-state index contributed by atoms with van der Waals surface area (Å²) in [7, 11) is 0. The van der Waals surface area contributed by atoms with Gasteiger partial charge in [-0.2, -0.15) is 0 Å². The number of phenolic OH excluding ortho intramolecular Hbond substituents is 1. The van der Waals surface area contributed by atoms with Crippen LogP contribution in [0.5, 0.6) is 5.75 Å². The van der Waals surface area contributed by atoms with E-state index in [4.69, 9.17) is 9.15 Å². The number of furan rings is 1. The van der Waals surface area contributed by atoms with Crippen molar-refractivity contribution in [3.8, 4) is 5.75 Å². The first-order valence-corrected chi connectivity index (χ1v) is 10.3. The highest BCUT2D eigenvalue weighted by atomic mass is 16.5. The molecule has 2 amide bonds. The Labute approximate surface area is 180 Å². The number of esters is 1. The van der Waals surface area contributed by atoms with Crippen molar-refractivity contribution in [1.29, 1.82) is 0 Å². The smallest absolute Gasteiger partial charge is 0.338 e. The van der Waals surface area contributed by atoms with Gasteiger partial charge in [0.2, 0.25) is 0 Å². The maximum atomic E-state index is 12.8. The molecule has 2 aliphatic heterocycles. The van der Waals surface area contributed by atoms with Crippen molar-refractivity contribution in [3.63, 3.8) is 0 Å². The number of rotatable bonds is 6. The zero-order valence-corrected chi connectivity index (χ0v) is 17.3. The number of carbonyl (C=O) groups is 2. The fourth-order valence-corrected chi connectivity index (χ4v) is 3.88. The van der Waals surface area contributed by atoms with E-state index >= 15 is 0 Å². The maximum absolute atomic E-state index is 12.8. The number of hydrogen-bond acceptors (Lipinski definition) is 6. The molecule has 0 radical (unpaired) electrons. The van der Waals surface area contributed by atoms with E-state index in [-0.39, 0.29) is 18.4 Å². The predicted molar refractivity (Wildman–Crippen MR) is 114 cm³/mol. The van der Waals surface area contributed by atoms with Crippen LogP contribution >= 0.6 is 0 Å². The van der Waals surface area contributed by atoms with Gasteiger partial charge in [0.05, 0.1) is 18.4 Å². The van der Waals surface area contributed by atoms with Crippen molar-refractivity contribution in [2.45, 2.75) is 19.4 Å². The molecule has 0 saturated carbocycles. The number of urea groups is 1. The molecule has 0 spiro atoms. The van der Waals surface area contributed by atoms with Crippen molar-refractivity contribution in [2.75, 3.05) is 26.2 Å². The minimum atomic E-state index is -0.703. The summed E-state index contributed by atoms with van der Waals surface area (Å²) in [6, 6.07) is 9.51. The molecular weight excluding hydrogens is 398 g/mol. The van der Waals surface area contributed by atoms with Crippen molar-refractivity contribution in [3.05, 3.63) is 71.3 Å². The summed E-state index contributed by atoms with van der Waals surface area (Å²) >= 11 is 0. The first-order valence-electron chi connectivity index (χ1n) is 10.3. The fraction of sp³-hybridized carbons (Fsp3) is 0.304. The molecule has 0 aliphatic carbocycles. The minimum absolute atomic E-state index is 0.233. The van der Waals surface area contributed by atoms with Crippen molar-refractivity contribution in [2.24, 2.45) is 0 Å². The third-order valence-corrected chi connectivity index (χ3v) is 5.39. The number of amides is 2. The number of hydrogen-bond donors (Lipinski definition) is 3. The predicted octanol–water partition coefficient (Wildman–Crippen LogP) is 2.95. The lowest BCUT2D eigenvalue weighted by Crippen LogP contribution is -2.48. The second kappa shape index (κ2) is 9.09. The van der Waals surface area contributed by atoms with Crippen LogP contribution in [0, 0.1) is 0 Å². The zero-order chi connectivity index (χ0) is 21.8. The summed E-state index contributed by atoms with van der Waals surface area (Å²) in [6.07, 6.45) is 4.46. The fourth-order valence-electron chi connectivity index (χ4n) is 3.88. The van der Waals surface area contributed by atoms with E-state index < -0.39 is 12.0 Å². The largest absolute Gasteiger partial charge is 0.508 e. The van der Waals surface area contributed by atoms with Crippen molar-refractivity contribution >= 4 is 17.6 Å². The van der Waals surface area contributed by atoms with Gasteiger partial charge in [0, 0.05) is 25.3 Å². The summed E-state index contributed by atoms with van der Waals surface area (Å²) in [4.78, 5) is 27.2. The van der Waals surface area contributed by atoms with E-state index in [1.807, 2.05) is 12.1 Å². The Hall–Kier alpha value is -3.52. The lowest BCUT2D eigenvalue weighted by molar-refractivity contribution is -0.139. The minimum Gasteiger partial charge on any atom is -0.508 e. The van der Waals surface area contributed by atoms with Gasteiger partial charge in [-0.3, -0.25) is 4.90 Å². The molecule has 1 aromatic heterocycles. The Morgan fingerprint density at radius 3 is 2.74 bits per heavy atom. The van der Waals surface area contributed by atoms with Crippen LogP contribution in [0.1, 0.15) is 30.7 Å². The normalized spacial score (nSPS) is 19.5. The summed E-state index contributed by atoms with van der Waals surface area (Å²) < 4.78 is 10.7. The Balaban J connectivity index is 1.57. The van der Waals surface area contributed by atoms with E-state index in [9.17, 15) is 14.7 Å². The average Bonchev–Trinajstić information content (AvgIpc) is 3.29. The molecule has 31 heavy (non-hydrogen) atoms. The lowest BCUT2D eigenvalue weighted by Gasteiger charge is -2.32. The number of ether oxygens (including phenoxy) is 1. The molecule has 162 valence electrons. The molecule has 3 heterocycles. The van der Waals surface area contributed by atoms with Gasteiger partial charge in [0.1, 0.15) is 17.6 Å². The Morgan fingerprint density at radius 2 is 2.10 bits per heavy atom. The second-order valence-electron chi connectivity index (χ2n) is 7.42. The molecule has 4 rings (SSSR count). The molecule has 3 N–H and O–H groups in total. The van der Waals surface area contributed by atoms with Crippen LogP contribution < -0.4 is 10.6 Å². The van der Waals surface area contributed by atoms with E-state index in [2.05, 4.69) is 21.6 Å². The molecule has 0 bridgehead atoms. The van der Waals surface area contributed by atoms with Gasteiger partial charge in [-0.25, -0.2) is 9.59 Å². The molecule has 1 unspecified atom stereocenters. The third kappa shape index (κ3) is 4.64. The first-order chi connectivity index (χ1) is 15.0. The van der Waals surface area contributed by atoms with Crippen LogP contribution in [0.4, 0.5) is 4.79 Å². The first kappa shape index (κ1) is 20.7. The van der Waals surface area contributed by atoms with Crippen LogP contribution in [0.2, 0.25) is 0 Å². The molecule has 8 nitrogen and oxygen atoms in total. The van der Waals surface area contributed by atoms with Crippen molar-refractivity contribution < 1.29 is 23.8 Å². The Morgan fingerprint density at radius 1 is 1.29 bits per heavy atom. The van der Waals surface area contributed by atoms with E-state index in [1.54, 1.807) is 31.2 Å². The van der Waals surface area contributed by atoms with Crippen LogP contribution in [0.3, 0.4) is 0 Å². The monoisotopic (exact) mass is 423 g/mol. The van der Waals surface area contributed by atoms with Crippen LogP contribution in [-0.2, 0) is 9.53 Å². The van der Waals surface area contributed by atoms with Crippen LogP contribution in [0.25, 0.3) is 5.57 Å². The molecule has 0 fully saturated rings.